The minimum atomic E-state index is -0.233. The Kier molecular flexibility index (Phi) is 4.31. The standard InChI is InChI=1S/C16H17Cl2N5O2/c17-10-5-12(18)14(19-7-10)23-9-11(8-20-23)21-15(24)22-13-6-16(13)1-3-25-4-2-16/h5,7-9,13H,1-4,6H2,(H2,21,22,24). The molecular weight excluding hydrogens is 365 g/mol. The van der Waals surface area contributed by atoms with E-state index in [2.05, 4.69) is 20.7 Å². The summed E-state index contributed by atoms with van der Waals surface area (Å²) in [6.45, 7) is 1.56. The Morgan fingerprint density at radius 2 is 2.12 bits per heavy atom. The summed E-state index contributed by atoms with van der Waals surface area (Å²) >= 11 is 12.0. The summed E-state index contributed by atoms with van der Waals surface area (Å²) in [6, 6.07) is 1.58. The molecule has 1 aliphatic heterocycles. The first-order chi connectivity index (χ1) is 12.1. The molecule has 3 heterocycles. The molecule has 4 rings (SSSR count). The van der Waals surface area contributed by atoms with Crippen LogP contribution >= 0.6 is 23.2 Å². The Hall–Kier alpha value is -1.83. The van der Waals surface area contributed by atoms with E-state index in [1.807, 2.05) is 0 Å². The van der Waals surface area contributed by atoms with Crippen molar-refractivity contribution in [2.75, 3.05) is 18.5 Å². The van der Waals surface area contributed by atoms with E-state index in [-0.39, 0.29) is 17.5 Å². The maximum Gasteiger partial charge on any atom is 0.319 e. The van der Waals surface area contributed by atoms with Gasteiger partial charge in [0.2, 0.25) is 0 Å². The van der Waals surface area contributed by atoms with Gasteiger partial charge in [-0.15, -0.1) is 0 Å². The summed E-state index contributed by atoms with van der Waals surface area (Å²) in [5, 5.41) is 10.8. The molecule has 0 radical (unpaired) electrons. The molecule has 2 fully saturated rings. The molecule has 2 aromatic rings. The van der Waals surface area contributed by atoms with Crippen LogP contribution in [0.5, 0.6) is 0 Å². The summed E-state index contributed by atoms with van der Waals surface area (Å²) in [5.74, 6) is 0.447. The minimum Gasteiger partial charge on any atom is -0.381 e. The lowest BCUT2D eigenvalue weighted by atomic mass is 9.96. The molecule has 2 amide bonds. The van der Waals surface area contributed by atoms with Crippen LogP contribution in [0.4, 0.5) is 10.5 Å². The lowest BCUT2D eigenvalue weighted by Crippen LogP contribution is -2.35. The molecule has 9 heteroatoms. The fraction of sp³-hybridized carbons (Fsp3) is 0.438. The van der Waals surface area contributed by atoms with Gasteiger partial charge in [0.05, 0.1) is 28.1 Å². The Labute approximate surface area is 154 Å². The van der Waals surface area contributed by atoms with Crippen LogP contribution < -0.4 is 10.6 Å². The number of nitrogens with one attached hydrogen (secondary N) is 2. The van der Waals surface area contributed by atoms with Crippen LogP contribution in [0.1, 0.15) is 19.3 Å². The van der Waals surface area contributed by atoms with Gasteiger partial charge in [0, 0.05) is 25.5 Å². The number of rotatable bonds is 3. The summed E-state index contributed by atoms with van der Waals surface area (Å²) < 4.78 is 6.88. The molecule has 1 aliphatic carbocycles. The Balaban J connectivity index is 1.37. The number of aromatic nitrogens is 3. The molecule has 0 aromatic carbocycles. The number of anilines is 1. The fourth-order valence-electron chi connectivity index (χ4n) is 3.29. The van der Waals surface area contributed by atoms with E-state index >= 15 is 0 Å². The van der Waals surface area contributed by atoms with Crippen LogP contribution in [-0.4, -0.2) is 40.1 Å². The highest BCUT2D eigenvalue weighted by Crippen LogP contribution is 2.53. The first kappa shape index (κ1) is 16.6. The zero-order chi connectivity index (χ0) is 17.4. The highest BCUT2D eigenvalue weighted by molar-refractivity contribution is 6.35. The monoisotopic (exact) mass is 381 g/mol. The van der Waals surface area contributed by atoms with Gasteiger partial charge in [-0.05, 0) is 30.7 Å². The van der Waals surface area contributed by atoms with Crippen LogP contribution in [0.15, 0.2) is 24.7 Å². The molecule has 132 valence electrons. The van der Waals surface area contributed by atoms with Gasteiger partial charge in [0.25, 0.3) is 0 Å². The zero-order valence-electron chi connectivity index (χ0n) is 13.3. The lowest BCUT2D eigenvalue weighted by molar-refractivity contribution is 0.0548. The third-order valence-corrected chi connectivity index (χ3v) is 5.31. The maximum atomic E-state index is 12.2. The molecule has 25 heavy (non-hydrogen) atoms. The SMILES string of the molecule is O=C(Nc1cnn(-c2ncc(Cl)cc2Cl)c1)NC1CC12CCOCC2. The van der Waals surface area contributed by atoms with E-state index < -0.39 is 0 Å². The zero-order valence-corrected chi connectivity index (χ0v) is 14.8. The van der Waals surface area contributed by atoms with E-state index in [9.17, 15) is 4.79 Å². The second-order valence-electron chi connectivity index (χ2n) is 6.46. The molecular formula is C16H17Cl2N5O2. The van der Waals surface area contributed by atoms with Gasteiger partial charge in [-0.25, -0.2) is 14.5 Å². The number of ether oxygens (including phenoxy) is 1. The molecule has 2 aromatic heterocycles. The maximum absolute atomic E-state index is 12.2. The molecule has 1 unspecified atom stereocenters. The first-order valence-corrected chi connectivity index (χ1v) is 8.83. The second-order valence-corrected chi connectivity index (χ2v) is 7.31. The number of hydrogen-bond acceptors (Lipinski definition) is 4. The van der Waals surface area contributed by atoms with Crippen molar-refractivity contribution in [3.8, 4) is 5.82 Å². The van der Waals surface area contributed by atoms with Gasteiger partial charge in [0.1, 0.15) is 0 Å². The van der Waals surface area contributed by atoms with E-state index in [4.69, 9.17) is 27.9 Å². The largest absolute Gasteiger partial charge is 0.381 e. The molecule has 0 bridgehead atoms. The van der Waals surface area contributed by atoms with Crippen LogP contribution in [0.2, 0.25) is 10.0 Å². The Morgan fingerprint density at radius 1 is 1.32 bits per heavy atom. The van der Waals surface area contributed by atoms with Gasteiger partial charge in [0.15, 0.2) is 5.82 Å². The predicted molar refractivity (Wildman–Crippen MR) is 94.4 cm³/mol. The second kappa shape index (κ2) is 6.48. The van der Waals surface area contributed by atoms with E-state index in [0.29, 0.717) is 21.6 Å². The number of carbonyl (C=O) groups excluding carboxylic acids is 1. The summed E-state index contributed by atoms with van der Waals surface area (Å²) in [4.78, 5) is 16.3. The first-order valence-electron chi connectivity index (χ1n) is 8.07. The number of carbonyl (C=O) groups is 1. The quantitative estimate of drug-likeness (QED) is 0.854. The van der Waals surface area contributed by atoms with E-state index in [1.165, 1.54) is 10.9 Å². The van der Waals surface area contributed by atoms with Crippen molar-refractivity contribution >= 4 is 34.9 Å². The molecule has 1 spiro atoms. The van der Waals surface area contributed by atoms with E-state index in [0.717, 1.165) is 32.5 Å². The van der Waals surface area contributed by atoms with E-state index in [1.54, 1.807) is 18.5 Å². The number of nitrogens with zero attached hydrogens (tertiary/aromatic N) is 3. The molecule has 2 N–H and O–H groups in total. The van der Waals surface area contributed by atoms with Gasteiger partial charge in [-0.3, -0.25) is 0 Å². The molecule has 1 saturated heterocycles. The van der Waals surface area contributed by atoms with Crippen molar-refractivity contribution in [3.63, 3.8) is 0 Å². The predicted octanol–water partition coefficient (Wildman–Crippen LogP) is 3.26. The average molecular weight is 382 g/mol. The van der Waals surface area contributed by atoms with Crippen LogP contribution in [0.25, 0.3) is 5.82 Å². The number of amides is 2. The smallest absolute Gasteiger partial charge is 0.319 e. The van der Waals surface area contributed by atoms with Crippen molar-refractivity contribution in [3.05, 3.63) is 34.7 Å². The Morgan fingerprint density at radius 3 is 2.88 bits per heavy atom. The summed E-state index contributed by atoms with van der Waals surface area (Å²) in [6.07, 6.45) is 7.73. The van der Waals surface area contributed by atoms with Gasteiger partial charge >= 0.3 is 6.03 Å². The summed E-state index contributed by atoms with van der Waals surface area (Å²) in [5.41, 5.74) is 0.799. The van der Waals surface area contributed by atoms with Crippen LogP contribution in [0, 0.1) is 5.41 Å². The summed E-state index contributed by atoms with van der Waals surface area (Å²) in [7, 11) is 0. The number of urea groups is 1. The van der Waals surface area contributed by atoms with Crippen molar-refractivity contribution < 1.29 is 9.53 Å². The highest BCUT2D eigenvalue weighted by Gasteiger charge is 2.55. The van der Waals surface area contributed by atoms with Gasteiger partial charge < -0.3 is 15.4 Å². The average Bonchev–Trinajstić information content (AvgIpc) is 3.01. The van der Waals surface area contributed by atoms with Crippen LogP contribution in [-0.2, 0) is 4.74 Å². The van der Waals surface area contributed by atoms with Gasteiger partial charge in [-0.1, -0.05) is 23.2 Å². The van der Waals surface area contributed by atoms with Crippen molar-refractivity contribution in [2.24, 2.45) is 5.41 Å². The molecule has 2 aliphatic rings. The van der Waals surface area contributed by atoms with Crippen molar-refractivity contribution in [1.82, 2.24) is 20.1 Å². The Bertz CT molecular complexity index is 804. The number of pyridine rings is 1. The van der Waals surface area contributed by atoms with Gasteiger partial charge in [-0.2, -0.15) is 5.10 Å². The van der Waals surface area contributed by atoms with Crippen molar-refractivity contribution in [2.45, 2.75) is 25.3 Å². The number of hydrogen-bond donors (Lipinski definition) is 2. The fourth-order valence-corrected chi connectivity index (χ4v) is 3.75. The topological polar surface area (TPSA) is 81.1 Å². The highest BCUT2D eigenvalue weighted by atomic mass is 35.5. The third kappa shape index (κ3) is 3.44. The third-order valence-electron chi connectivity index (χ3n) is 4.83. The molecule has 7 nitrogen and oxygen atoms in total. The van der Waals surface area contributed by atoms with Crippen LogP contribution in [0.3, 0.4) is 0 Å². The molecule has 1 saturated carbocycles. The normalized spacial score (nSPS) is 21.1. The minimum absolute atomic E-state index is 0.221. The number of halogens is 2. The molecule has 1 atom stereocenters. The van der Waals surface area contributed by atoms with Crippen molar-refractivity contribution in [1.29, 1.82) is 0 Å². The lowest BCUT2D eigenvalue weighted by Gasteiger charge is -2.22.